The van der Waals surface area contributed by atoms with Crippen molar-refractivity contribution in [1.82, 2.24) is 0 Å². The summed E-state index contributed by atoms with van der Waals surface area (Å²) in [5.41, 5.74) is 8.86. The molecule has 5 heteroatoms. The monoisotopic (exact) mass is 291 g/mol. The fourth-order valence-electron chi connectivity index (χ4n) is 1.63. The highest BCUT2D eigenvalue weighted by atomic mass is 35.5. The van der Waals surface area contributed by atoms with E-state index in [1.165, 1.54) is 0 Å². The second kappa shape index (κ2) is 5.40. The van der Waals surface area contributed by atoms with E-state index in [-0.39, 0.29) is 0 Å². The van der Waals surface area contributed by atoms with E-state index in [2.05, 4.69) is 5.32 Å². The molecule has 0 radical (unpaired) electrons. The topological polar surface area (TPSA) is 61.8 Å². The Hall–Kier alpha value is -1.89. The van der Waals surface area contributed by atoms with Crippen molar-refractivity contribution in [2.24, 2.45) is 0 Å². The molecule has 0 atom stereocenters. The van der Waals surface area contributed by atoms with Gasteiger partial charge >= 0.3 is 0 Å². The van der Waals surface area contributed by atoms with Gasteiger partial charge in [-0.2, -0.15) is 5.26 Å². The Morgan fingerprint density at radius 2 is 1.89 bits per heavy atom. The van der Waals surface area contributed by atoms with Crippen LogP contribution < -0.4 is 11.1 Å². The van der Waals surface area contributed by atoms with E-state index in [1.54, 1.807) is 30.3 Å². The first-order chi connectivity index (χ1) is 9.01. The summed E-state index contributed by atoms with van der Waals surface area (Å²) in [5, 5.41) is 13.3. The average molecular weight is 292 g/mol. The highest BCUT2D eigenvalue weighted by Gasteiger charge is 2.06. The molecular weight excluding hydrogens is 281 g/mol. The zero-order valence-electron chi connectivity index (χ0n) is 10.2. The normalized spacial score (nSPS) is 10.0. The van der Waals surface area contributed by atoms with Crippen LogP contribution in [-0.4, -0.2) is 0 Å². The summed E-state index contributed by atoms with van der Waals surface area (Å²) in [6.45, 7) is 1.88. The Morgan fingerprint density at radius 3 is 2.58 bits per heavy atom. The van der Waals surface area contributed by atoms with Crippen molar-refractivity contribution in [2.45, 2.75) is 6.92 Å². The van der Waals surface area contributed by atoms with Gasteiger partial charge < -0.3 is 11.1 Å². The summed E-state index contributed by atoms with van der Waals surface area (Å²) < 4.78 is 0. The minimum absolute atomic E-state index is 0.416. The van der Waals surface area contributed by atoms with Gasteiger partial charge in [-0.25, -0.2) is 0 Å². The molecule has 0 aliphatic rings. The Kier molecular flexibility index (Phi) is 3.84. The summed E-state index contributed by atoms with van der Waals surface area (Å²) in [6.07, 6.45) is 0. The molecule has 2 rings (SSSR count). The minimum atomic E-state index is 0.416. The number of halogens is 2. The zero-order chi connectivity index (χ0) is 14.0. The van der Waals surface area contributed by atoms with Crippen molar-refractivity contribution in [3.8, 4) is 6.07 Å². The minimum Gasteiger partial charge on any atom is -0.398 e. The van der Waals surface area contributed by atoms with Crippen LogP contribution in [0, 0.1) is 18.3 Å². The van der Waals surface area contributed by atoms with E-state index < -0.39 is 0 Å². The summed E-state index contributed by atoms with van der Waals surface area (Å²) in [5.74, 6) is 0. The molecule has 0 saturated heterocycles. The molecular formula is C14H11Cl2N3. The Balaban J connectivity index is 2.37. The van der Waals surface area contributed by atoms with Crippen LogP contribution in [0.2, 0.25) is 10.0 Å². The largest absolute Gasteiger partial charge is 0.398 e. The van der Waals surface area contributed by atoms with Crippen LogP contribution in [0.4, 0.5) is 17.1 Å². The van der Waals surface area contributed by atoms with Crippen molar-refractivity contribution in [3.63, 3.8) is 0 Å². The van der Waals surface area contributed by atoms with Crippen LogP contribution >= 0.6 is 23.2 Å². The van der Waals surface area contributed by atoms with Gasteiger partial charge in [0.15, 0.2) is 0 Å². The van der Waals surface area contributed by atoms with Gasteiger partial charge in [-0.15, -0.1) is 0 Å². The van der Waals surface area contributed by atoms with Gasteiger partial charge in [0.2, 0.25) is 0 Å². The van der Waals surface area contributed by atoms with E-state index in [9.17, 15) is 0 Å². The zero-order valence-corrected chi connectivity index (χ0v) is 11.7. The van der Waals surface area contributed by atoms with Crippen molar-refractivity contribution < 1.29 is 0 Å². The number of nitrogens with two attached hydrogens (primary N) is 1. The van der Waals surface area contributed by atoms with Crippen LogP contribution in [0.25, 0.3) is 0 Å². The maximum atomic E-state index is 8.94. The number of benzene rings is 2. The average Bonchev–Trinajstić information content (AvgIpc) is 2.38. The fraction of sp³-hybridized carbons (Fsp3) is 0.0714. The summed E-state index contributed by atoms with van der Waals surface area (Å²) in [6, 6.07) is 10.7. The molecule has 2 aromatic rings. The lowest BCUT2D eigenvalue weighted by molar-refractivity contribution is 1.44. The number of anilines is 3. The van der Waals surface area contributed by atoms with Crippen molar-refractivity contribution in [3.05, 3.63) is 51.5 Å². The molecule has 96 valence electrons. The van der Waals surface area contributed by atoms with Gasteiger partial charge in [0, 0.05) is 16.4 Å². The van der Waals surface area contributed by atoms with Crippen molar-refractivity contribution >= 4 is 40.3 Å². The molecule has 0 heterocycles. The molecule has 0 fully saturated rings. The Morgan fingerprint density at radius 1 is 1.16 bits per heavy atom. The lowest BCUT2D eigenvalue weighted by atomic mass is 10.1. The molecule has 0 saturated carbocycles. The molecule has 0 spiro atoms. The van der Waals surface area contributed by atoms with E-state index in [4.69, 9.17) is 34.2 Å². The van der Waals surface area contributed by atoms with Gasteiger partial charge in [0.25, 0.3) is 0 Å². The van der Waals surface area contributed by atoms with E-state index in [0.717, 1.165) is 11.3 Å². The molecule has 3 N–H and O–H groups in total. The summed E-state index contributed by atoms with van der Waals surface area (Å²) >= 11 is 12.2. The quantitative estimate of drug-likeness (QED) is 0.801. The summed E-state index contributed by atoms with van der Waals surface area (Å²) in [7, 11) is 0. The second-order valence-electron chi connectivity index (χ2n) is 4.12. The molecule has 19 heavy (non-hydrogen) atoms. The highest BCUT2D eigenvalue weighted by Crippen LogP contribution is 2.31. The van der Waals surface area contributed by atoms with E-state index in [0.29, 0.717) is 27.0 Å². The molecule has 0 aliphatic heterocycles. The third kappa shape index (κ3) is 2.93. The number of aryl methyl sites for hydroxylation is 1. The predicted octanol–water partition coefficient (Wildman–Crippen LogP) is 4.50. The molecule has 0 amide bonds. The van der Waals surface area contributed by atoms with Crippen LogP contribution in [0.3, 0.4) is 0 Å². The number of hydrogen-bond acceptors (Lipinski definition) is 3. The number of nitrogens with zero attached hydrogens (tertiary/aromatic N) is 1. The highest BCUT2D eigenvalue weighted by molar-refractivity contribution is 6.35. The summed E-state index contributed by atoms with van der Waals surface area (Å²) in [4.78, 5) is 0. The van der Waals surface area contributed by atoms with E-state index >= 15 is 0 Å². The molecule has 0 aliphatic carbocycles. The van der Waals surface area contributed by atoms with Crippen molar-refractivity contribution in [1.29, 1.82) is 5.26 Å². The first-order valence-corrected chi connectivity index (χ1v) is 6.29. The molecule has 3 nitrogen and oxygen atoms in total. The second-order valence-corrected chi connectivity index (χ2v) is 4.93. The standard InChI is InChI=1S/C14H11Cl2N3/c1-8-4-12(16)14(6-11(8)15)19-10-2-3-13(18)9(5-10)7-17/h2-6,19H,18H2,1H3. The molecule has 0 unspecified atom stereocenters. The molecule has 0 bridgehead atoms. The predicted molar refractivity (Wildman–Crippen MR) is 80.1 cm³/mol. The lowest BCUT2D eigenvalue weighted by Crippen LogP contribution is -1.95. The Labute approximate surface area is 121 Å². The smallest absolute Gasteiger partial charge is 0.101 e. The van der Waals surface area contributed by atoms with E-state index in [1.807, 2.05) is 13.0 Å². The lowest BCUT2D eigenvalue weighted by Gasteiger charge is -2.11. The van der Waals surface area contributed by atoms with Gasteiger partial charge in [-0.3, -0.25) is 0 Å². The van der Waals surface area contributed by atoms with Gasteiger partial charge in [-0.1, -0.05) is 23.2 Å². The maximum absolute atomic E-state index is 8.94. The first kappa shape index (κ1) is 13.5. The number of nitriles is 1. The van der Waals surface area contributed by atoms with Crippen LogP contribution in [0.1, 0.15) is 11.1 Å². The van der Waals surface area contributed by atoms with Crippen LogP contribution in [-0.2, 0) is 0 Å². The van der Waals surface area contributed by atoms with Gasteiger partial charge in [0.05, 0.1) is 16.3 Å². The third-order valence-corrected chi connectivity index (χ3v) is 3.42. The van der Waals surface area contributed by atoms with Crippen molar-refractivity contribution in [2.75, 3.05) is 11.1 Å². The maximum Gasteiger partial charge on any atom is 0.101 e. The molecule has 0 aromatic heterocycles. The van der Waals surface area contributed by atoms with Crippen LogP contribution in [0.15, 0.2) is 30.3 Å². The first-order valence-electron chi connectivity index (χ1n) is 5.53. The number of nitrogen functional groups attached to an aromatic ring is 1. The third-order valence-electron chi connectivity index (χ3n) is 2.70. The van der Waals surface area contributed by atoms with Gasteiger partial charge in [0.1, 0.15) is 6.07 Å². The number of hydrogen-bond donors (Lipinski definition) is 2. The Bertz CT molecular complexity index is 675. The SMILES string of the molecule is Cc1cc(Cl)c(Nc2ccc(N)c(C#N)c2)cc1Cl. The van der Waals surface area contributed by atoms with Crippen LogP contribution in [0.5, 0.6) is 0 Å². The number of nitrogens with one attached hydrogen (secondary N) is 1. The molecule has 2 aromatic carbocycles. The fourth-order valence-corrected chi connectivity index (χ4v) is 2.06. The van der Waals surface area contributed by atoms with Gasteiger partial charge in [-0.05, 0) is 42.8 Å². The number of rotatable bonds is 2.